The maximum absolute atomic E-state index is 12.3. The molecule has 0 bridgehead atoms. The van der Waals surface area contributed by atoms with Crippen molar-refractivity contribution in [2.45, 2.75) is 26.7 Å². The minimum Gasteiger partial charge on any atom is -0.476 e. The number of hydrogen-bond acceptors (Lipinski definition) is 3. The van der Waals surface area contributed by atoms with Gasteiger partial charge in [-0.1, -0.05) is 13.8 Å². The van der Waals surface area contributed by atoms with Gasteiger partial charge in [0, 0.05) is 18.1 Å². The molecule has 0 saturated carbocycles. The molecule has 0 spiro atoms. The molecule has 2 rings (SSSR count). The van der Waals surface area contributed by atoms with Crippen LogP contribution in [0.2, 0.25) is 0 Å². The van der Waals surface area contributed by atoms with Crippen LogP contribution in [-0.4, -0.2) is 22.5 Å². The second-order valence-electron chi connectivity index (χ2n) is 4.70. The minimum absolute atomic E-state index is 0.163. The fraction of sp³-hybridized carbons (Fsp3) is 0.333. The SMILES string of the molecule is CCOc1ncccc1NC(=O)c1cc[nH]c1C(C)C. The van der Waals surface area contributed by atoms with E-state index >= 15 is 0 Å². The Hall–Kier alpha value is -2.30. The van der Waals surface area contributed by atoms with Crippen molar-refractivity contribution in [1.82, 2.24) is 9.97 Å². The molecule has 0 fully saturated rings. The van der Waals surface area contributed by atoms with Crippen LogP contribution < -0.4 is 10.1 Å². The number of hydrogen-bond donors (Lipinski definition) is 2. The van der Waals surface area contributed by atoms with E-state index in [1.807, 2.05) is 20.8 Å². The lowest BCUT2D eigenvalue weighted by atomic mass is 10.1. The summed E-state index contributed by atoms with van der Waals surface area (Å²) in [4.78, 5) is 19.6. The molecule has 2 aromatic rings. The van der Waals surface area contributed by atoms with Crippen LogP contribution in [0.3, 0.4) is 0 Å². The number of aromatic nitrogens is 2. The summed E-state index contributed by atoms with van der Waals surface area (Å²) in [6, 6.07) is 5.32. The zero-order chi connectivity index (χ0) is 14.5. The van der Waals surface area contributed by atoms with Crippen molar-refractivity contribution in [2.24, 2.45) is 0 Å². The second-order valence-corrected chi connectivity index (χ2v) is 4.70. The van der Waals surface area contributed by atoms with Crippen molar-refractivity contribution in [3.05, 3.63) is 41.9 Å². The molecule has 2 N–H and O–H groups in total. The Bertz CT molecular complexity index is 590. The Morgan fingerprint density at radius 1 is 1.45 bits per heavy atom. The Labute approximate surface area is 118 Å². The largest absolute Gasteiger partial charge is 0.476 e. The lowest BCUT2D eigenvalue weighted by Gasteiger charge is -2.11. The molecule has 20 heavy (non-hydrogen) atoms. The summed E-state index contributed by atoms with van der Waals surface area (Å²) in [5.41, 5.74) is 2.14. The highest BCUT2D eigenvalue weighted by molar-refractivity contribution is 6.05. The zero-order valence-electron chi connectivity index (χ0n) is 11.9. The predicted molar refractivity (Wildman–Crippen MR) is 78.2 cm³/mol. The smallest absolute Gasteiger partial charge is 0.257 e. The fourth-order valence-electron chi connectivity index (χ4n) is 1.99. The first-order valence-corrected chi connectivity index (χ1v) is 6.70. The van der Waals surface area contributed by atoms with Crippen molar-refractivity contribution in [2.75, 3.05) is 11.9 Å². The number of rotatable bonds is 5. The first-order valence-electron chi connectivity index (χ1n) is 6.70. The number of H-pyrrole nitrogens is 1. The van der Waals surface area contributed by atoms with Crippen LogP contribution in [0.4, 0.5) is 5.69 Å². The van der Waals surface area contributed by atoms with E-state index < -0.39 is 0 Å². The van der Waals surface area contributed by atoms with Gasteiger partial charge in [-0.25, -0.2) is 4.98 Å². The first kappa shape index (κ1) is 14.1. The molecule has 2 aromatic heterocycles. The average Bonchev–Trinajstić information content (AvgIpc) is 2.91. The van der Waals surface area contributed by atoms with E-state index in [2.05, 4.69) is 15.3 Å². The third-order valence-corrected chi connectivity index (χ3v) is 2.90. The van der Waals surface area contributed by atoms with E-state index in [0.717, 1.165) is 5.69 Å². The average molecular weight is 273 g/mol. The van der Waals surface area contributed by atoms with Gasteiger partial charge in [0.1, 0.15) is 5.69 Å². The van der Waals surface area contributed by atoms with Gasteiger partial charge in [0.2, 0.25) is 5.88 Å². The van der Waals surface area contributed by atoms with Crippen molar-refractivity contribution in [1.29, 1.82) is 0 Å². The maximum Gasteiger partial charge on any atom is 0.257 e. The van der Waals surface area contributed by atoms with Crippen molar-refractivity contribution in [3.63, 3.8) is 0 Å². The molecule has 2 heterocycles. The van der Waals surface area contributed by atoms with Gasteiger partial charge in [0.05, 0.1) is 12.2 Å². The number of aromatic amines is 1. The maximum atomic E-state index is 12.3. The minimum atomic E-state index is -0.163. The number of nitrogens with one attached hydrogen (secondary N) is 2. The summed E-state index contributed by atoms with van der Waals surface area (Å²) in [6.45, 7) is 6.46. The molecule has 0 aliphatic carbocycles. The molecule has 0 unspecified atom stereocenters. The van der Waals surface area contributed by atoms with Crippen molar-refractivity contribution in [3.8, 4) is 5.88 Å². The molecule has 106 valence electrons. The van der Waals surface area contributed by atoms with Gasteiger partial charge in [0.25, 0.3) is 5.91 Å². The van der Waals surface area contributed by atoms with Crippen molar-refractivity contribution < 1.29 is 9.53 Å². The fourth-order valence-corrected chi connectivity index (χ4v) is 1.99. The van der Waals surface area contributed by atoms with Crippen LogP contribution in [0.1, 0.15) is 42.7 Å². The second kappa shape index (κ2) is 6.23. The number of nitrogens with zero attached hydrogens (tertiary/aromatic N) is 1. The van der Waals surface area contributed by atoms with E-state index in [9.17, 15) is 4.79 Å². The number of amides is 1. The van der Waals surface area contributed by atoms with E-state index in [1.165, 1.54) is 0 Å². The molecular formula is C15H19N3O2. The number of carbonyl (C=O) groups excluding carboxylic acids is 1. The van der Waals surface area contributed by atoms with Gasteiger partial charge in [-0.2, -0.15) is 0 Å². The molecule has 0 radical (unpaired) electrons. The third-order valence-electron chi connectivity index (χ3n) is 2.90. The highest BCUT2D eigenvalue weighted by Gasteiger charge is 2.16. The van der Waals surface area contributed by atoms with Gasteiger partial charge < -0.3 is 15.0 Å². The molecule has 0 aromatic carbocycles. The Morgan fingerprint density at radius 2 is 2.25 bits per heavy atom. The standard InChI is InChI=1S/C15H19N3O2/c1-4-20-15-12(6-5-8-17-15)18-14(19)11-7-9-16-13(11)10(2)3/h5-10,16H,4H2,1-3H3,(H,18,19). The predicted octanol–water partition coefficient (Wildman–Crippen LogP) is 3.18. The topological polar surface area (TPSA) is 67.0 Å². The van der Waals surface area contributed by atoms with Gasteiger partial charge in [-0.05, 0) is 31.0 Å². The van der Waals surface area contributed by atoms with Crippen LogP contribution in [0, 0.1) is 0 Å². The van der Waals surface area contributed by atoms with E-state index in [0.29, 0.717) is 23.7 Å². The van der Waals surface area contributed by atoms with E-state index in [1.54, 1.807) is 30.6 Å². The summed E-state index contributed by atoms with van der Waals surface area (Å²) >= 11 is 0. The molecule has 0 aliphatic rings. The molecule has 1 amide bonds. The summed E-state index contributed by atoms with van der Waals surface area (Å²) in [7, 11) is 0. The first-order chi connectivity index (χ1) is 9.63. The monoisotopic (exact) mass is 273 g/mol. The van der Waals surface area contributed by atoms with Crippen molar-refractivity contribution >= 4 is 11.6 Å². The van der Waals surface area contributed by atoms with E-state index in [-0.39, 0.29) is 11.8 Å². The Balaban J connectivity index is 2.21. The molecule has 5 nitrogen and oxygen atoms in total. The number of anilines is 1. The quantitative estimate of drug-likeness (QED) is 0.879. The summed E-state index contributed by atoms with van der Waals surface area (Å²) in [6.07, 6.45) is 3.41. The molecule has 0 atom stereocenters. The van der Waals surface area contributed by atoms with Gasteiger partial charge in [0.15, 0.2) is 0 Å². The van der Waals surface area contributed by atoms with Gasteiger partial charge >= 0.3 is 0 Å². The van der Waals surface area contributed by atoms with Gasteiger partial charge in [-0.15, -0.1) is 0 Å². The van der Waals surface area contributed by atoms with Gasteiger partial charge in [-0.3, -0.25) is 4.79 Å². The van der Waals surface area contributed by atoms with Crippen LogP contribution in [-0.2, 0) is 0 Å². The molecule has 0 aliphatic heterocycles. The molecule has 0 saturated heterocycles. The van der Waals surface area contributed by atoms with Crippen LogP contribution in [0.25, 0.3) is 0 Å². The molecular weight excluding hydrogens is 254 g/mol. The highest BCUT2D eigenvalue weighted by Crippen LogP contribution is 2.23. The normalized spacial score (nSPS) is 10.6. The molecule has 5 heteroatoms. The summed E-state index contributed by atoms with van der Waals surface area (Å²) in [5, 5.41) is 2.85. The summed E-state index contributed by atoms with van der Waals surface area (Å²) < 4.78 is 5.40. The third kappa shape index (κ3) is 2.99. The lowest BCUT2D eigenvalue weighted by molar-refractivity contribution is 0.102. The van der Waals surface area contributed by atoms with Crippen LogP contribution >= 0.6 is 0 Å². The van der Waals surface area contributed by atoms with Crippen LogP contribution in [0.15, 0.2) is 30.6 Å². The number of ether oxygens (including phenoxy) is 1. The number of carbonyl (C=O) groups is 1. The number of pyridine rings is 1. The Kier molecular flexibility index (Phi) is 4.40. The highest BCUT2D eigenvalue weighted by atomic mass is 16.5. The Morgan fingerprint density at radius 3 is 2.95 bits per heavy atom. The lowest BCUT2D eigenvalue weighted by Crippen LogP contribution is -2.15. The van der Waals surface area contributed by atoms with Crippen LogP contribution in [0.5, 0.6) is 5.88 Å². The van der Waals surface area contributed by atoms with E-state index in [4.69, 9.17) is 4.74 Å². The summed E-state index contributed by atoms with van der Waals surface area (Å²) in [5.74, 6) is 0.528. The zero-order valence-corrected chi connectivity index (χ0v) is 11.9.